The SMILES string of the molecule is CCCC[C@H](CC)CN1C(=O)/C(=C/c2cn(-c3ccccc3)nc2-c2ccc(OCC)cc2C)SC1=S. The van der Waals surface area contributed by atoms with Crippen molar-refractivity contribution in [1.29, 1.82) is 0 Å². The Kier molecular flexibility index (Phi) is 9.22. The molecule has 1 atom stereocenters. The molecule has 0 spiro atoms. The molecule has 1 saturated heterocycles. The lowest BCUT2D eigenvalue weighted by atomic mass is 9.99. The van der Waals surface area contributed by atoms with Crippen LogP contribution in [0.25, 0.3) is 23.0 Å². The summed E-state index contributed by atoms with van der Waals surface area (Å²) in [4.78, 5) is 15.9. The van der Waals surface area contributed by atoms with Gasteiger partial charge in [-0.1, -0.05) is 75.3 Å². The van der Waals surface area contributed by atoms with Crippen LogP contribution in [0.3, 0.4) is 0 Å². The third-order valence-electron chi connectivity index (χ3n) is 6.67. The molecular formula is C30H35N3O2S2. The molecule has 7 heteroatoms. The van der Waals surface area contributed by atoms with E-state index in [0.717, 1.165) is 53.1 Å². The van der Waals surface area contributed by atoms with E-state index in [9.17, 15) is 4.79 Å². The van der Waals surface area contributed by atoms with E-state index in [2.05, 4.69) is 20.8 Å². The van der Waals surface area contributed by atoms with E-state index in [-0.39, 0.29) is 5.91 Å². The zero-order valence-corrected chi connectivity index (χ0v) is 23.7. The number of para-hydroxylation sites is 1. The maximum atomic E-state index is 13.5. The number of amides is 1. The largest absolute Gasteiger partial charge is 0.494 e. The number of hydrogen-bond donors (Lipinski definition) is 0. The fraction of sp³-hybridized carbons (Fsp3) is 0.367. The summed E-state index contributed by atoms with van der Waals surface area (Å²) in [5, 5.41) is 4.95. The normalized spacial score (nSPS) is 15.6. The Morgan fingerprint density at radius 2 is 1.92 bits per heavy atom. The molecule has 1 aliphatic heterocycles. The summed E-state index contributed by atoms with van der Waals surface area (Å²) in [5.41, 5.74) is 4.73. The smallest absolute Gasteiger partial charge is 0.266 e. The van der Waals surface area contributed by atoms with Crippen LogP contribution >= 0.6 is 24.0 Å². The van der Waals surface area contributed by atoms with E-state index in [4.69, 9.17) is 22.1 Å². The van der Waals surface area contributed by atoms with Crippen molar-refractivity contribution in [3.8, 4) is 22.7 Å². The highest BCUT2D eigenvalue weighted by Crippen LogP contribution is 2.37. The van der Waals surface area contributed by atoms with Crippen molar-refractivity contribution in [2.75, 3.05) is 13.2 Å². The molecule has 0 unspecified atom stereocenters. The number of ether oxygens (including phenoxy) is 1. The third-order valence-corrected chi connectivity index (χ3v) is 8.05. The van der Waals surface area contributed by atoms with Gasteiger partial charge in [-0.15, -0.1) is 0 Å². The van der Waals surface area contributed by atoms with Gasteiger partial charge < -0.3 is 4.74 Å². The molecule has 1 fully saturated rings. The van der Waals surface area contributed by atoms with Gasteiger partial charge in [0.25, 0.3) is 5.91 Å². The van der Waals surface area contributed by atoms with Gasteiger partial charge in [-0.25, -0.2) is 4.68 Å². The number of thioether (sulfide) groups is 1. The molecule has 0 saturated carbocycles. The Labute approximate surface area is 229 Å². The standard InChI is InChI=1S/C30H35N3O2S2/c1-5-8-12-22(6-2)19-32-29(34)27(37-30(32)36)18-23-20-33(24-13-10-9-11-14-24)31-28(23)26-16-15-25(35-7-3)17-21(26)4/h9-11,13-18,20,22H,5-8,12,19H2,1-4H3/b27-18-/t22-/m0/s1. The average Bonchev–Trinajstić information content (AvgIpc) is 3.43. The minimum atomic E-state index is -0.00762. The van der Waals surface area contributed by atoms with E-state index in [1.165, 1.54) is 18.2 Å². The number of aryl methyl sites for hydroxylation is 1. The molecule has 1 aromatic heterocycles. The minimum absolute atomic E-state index is 0.00762. The molecule has 1 amide bonds. The topological polar surface area (TPSA) is 47.4 Å². The molecule has 2 aromatic carbocycles. The van der Waals surface area contributed by atoms with Crippen LogP contribution in [0.1, 0.15) is 57.6 Å². The lowest BCUT2D eigenvalue weighted by Gasteiger charge is -2.21. The number of benzene rings is 2. The summed E-state index contributed by atoms with van der Waals surface area (Å²) >= 11 is 7.04. The number of unbranched alkanes of at least 4 members (excludes halogenated alkanes) is 1. The molecule has 0 aliphatic carbocycles. The quantitative estimate of drug-likeness (QED) is 0.187. The van der Waals surface area contributed by atoms with Gasteiger partial charge in [0.05, 0.1) is 17.2 Å². The second kappa shape index (κ2) is 12.6. The molecule has 3 aromatic rings. The van der Waals surface area contributed by atoms with Crippen molar-refractivity contribution in [1.82, 2.24) is 14.7 Å². The van der Waals surface area contributed by atoms with E-state index in [1.807, 2.05) is 72.4 Å². The lowest BCUT2D eigenvalue weighted by Crippen LogP contribution is -2.33. The summed E-state index contributed by atoms with van der Waals surface area (Å²) in [5.74, 6) is 1.29. The first-order chi connectivity index (χ1) is 17.9. The van der Waals surface area contributed by atoms with Gasteiger partial charge in [0, 0.05) is 23.9 Å². The summed E-state index contributed by atoms with van der Waals surface area (Å²) in [6.45, 7) is 9.74. The minimum Gasteiger partial charge on any atom is -0.494 e. The number of rotatable bonds is 11. The van der Waals surface area contributed by atoms with E-state index < -0.39 is 0 Å². The molecule has 0 bridgehead atoms. The predicted octanol–water partition coefficient (Wildman–Crippen LogP) is 7.66. The lowest BCUT2D eigenvalue weighted by molar-refractivity contribution is -0.122. The number of nitrogens with zero attached hydrogens (tertiary/aromatic N) is 3. The first kappa shape index (κ1) is 27.1. The highest BCUT2D eigenvalue weighted by Gasteiger charge is 2.33. The van der Waals surface area contributed by atoms with Crippen molar-refractivity contribution < 1.29 is 9.53 Å². The van der Waals surface area contributed by atoms with Crippen molar-refractivity contribution in [2.24, 2.45) is 5.92 Å². The number of carbonyl (C=O) groups excluding carboxylic acids is 1. The monoisotopic (exact) mass is 533 g/mol. The number of carbonyl (C=O) groups is 1. The molecule has 194 valence electrons. The summed E-state index contributed by atoms with van der Waals surface area (Å²) in [6, 6.07) is 16.1. The van der Waals surface area contributed by atoms with E-state index in [0.29, 0.717) is 28.3 Å². The Morgan fingerprint density at radius 1 is 1.14 bits per heavy atom. The Morgan fingerprint density at radius 3 is 2.59 bits per heavy atom. The van der Waals surface area contributed by atoms with Crippen molar-refractivity contribution >= 4 is 40.3 Å². The first-order valence-electron chi connectivity index (χ1n) is 13.1. The van der Waals surface area contributed by atoms with Crippen LogP contribution in [0.2, 0.25) is 0 Å². The Balaban J connectivity index is 1.70. The molecule has 37 heavy (non-hydrogen) atoms. The predicted molar refractivity (Wildman–Crippen MR) is 158 cm³/mol. The van der Waals surface area contributed by atoms with Gasteiger partial charge in [0.2, 0.25) is 0 Å². The number of aromatic nitrogens is 2. The van der Waals surface area contributed by atoms with Crippen LogP contribution in [-0.4, -0.2) is 38.1 Å². The molecule has 0 N–H and O–H groups in total. The Bertz CT molecular complexity index is 1280. The van der Waals surface area contributed by atoms with Crippen LogP contribution in [-0.2, 0) is 4.79 Å². The number of thiocarbonyl (C=S) groups is 1. The summed E-state index contributed by atoms with van der Waals surface area (Å²) in [6.07, 6.45) is 8.43. The second-order valence-electron chi connectivity index (χ2n) is 9.33. The van der Waals surface area contributed by atoms with Crippen LogP contribution < -0.4 is 4.74 Å². The summed E-state index contributed by atoms with van der Waals surface area (Å²) < 4.78 is 8.20. The van der Waals surface area contributed by atoms with E-state index in [1.54, 1.807) is 4.90 Å². The second-order valence-corrected chi connectivity index (χ2v) is 11.0. The maximum absolute atomic E-state index is 13.5. The van der Waals surface area contributed by atoms with Gasteiger partial charge in [-0.3, -0.25) is 9.69 Å². The van der Waals surface area contributed by atoms with Crippen molar-refractivity contribution in [3.63, 3.8) is 0 Å². The van der Waals surface area contributed by atoms with Gasteiger partial charge in [0.1, 0.15) is 15.8 Å². The zero-order chi connectivity index (χ0) is 26.4. The maximum Gasteiger partial charge on any atom is 0.266 e. The van der Waals surface area contributed by atoms with Gasteiger partial charge in [0.15, 0.2) is 0 Å². The van der Waals surface area contributed by atoms with E-state index >= 15 is 0 Å². The molecular weight excluding hydrogens is 498 g/mol. The molecule has 0 radical (unpaired) electrons. The zero-order valence-electron chi connectivity index (χ0n) is 22.1. The van der Waals surface area contributed by atoms with Crippen LogP contribution in [0.15, 0.2) is 59.6 Å². The fourth-order valence-corrected chi connectivity index (χ4v) is 5.81. The van der Waals surface area contributed by atoms with Gasteiger partial charge in [-0.2, -0.15) is 5.10 Å². The van der Waals surface area contributed by atoms with Crippen molar-refractivity contribution in [2.45, 2.75) is 53.4 Å². The van der Waals surface area contributed by atoms with Crippen LogP contribution in [0.5, 0.6) is 5.75 Å². The molecule has 4 rings (SSSR count). The average molecular weight is 534 g/mol. The highest BCUT2D eigenvalue weighted by atomic mass is 32.2. The Hall–Kier alpha value is -2.90. The van der Waals surface area contributed by atoms with Gasteiger partial charge >= 0.3 is 0 Å². The number of hydrogen-bond acceptors (Lipinski definition) is 5. The highest BCUT2D eigenvalue weighted by molar-refractivity contribution is 8.26. The van der Waals surface area contributed by atoms with Crippen LogP contribution in [0.4, 0.5) is 0 Å². The molecule has 1 aliphatic rings. The van der Waals surface area contributed by atoms with Gasteiger partial charge in [-0.05, 0) is 68.2 Å². The third kappa shape index (κ3) is 6.33. The van der Waals surface area contributed by atoms with Crippen LogP contribution in [0, 0.1) is 12.8 Å². The molecule has 5 nitrogen and oxygen atoms in total. The van der Waals surface area contributed by atoms with Crippen molar-refractivity contribution in [3.05, 3.63) is 70.8 Å². The molecule has 2 heterocycles. The first-order valence-corrected chi connectivity index (χ1v) is 14.3. The summed E-state index contributed by atoms with van der Waals surface area (Å²) in [7, 11) is 0. The fourth-order valence-electron chi connectivity index (χ4n) is 4.55.